The van der Waals surface area contributed by atoms with Crippen LogP contribution in [0.3, 0.4) is 0 Å². The molecule has 1 heterocycles. The zero-order chi connectivity index (χ0) is 15.1. The van der Waals surface area contributed by atoms with E-state index in [4.69, 9.17) is 4.42 Å². The van der Waals surface area contributed by atoms with E-state index in [1.54, 1.807) is 25.2 Å². The Bertz CT molecular complexity index is 701. The molecular formula is C16H21NO3. The molecule has 4 heteroatoms. The zero-order valence-corrected chi connectivity index (χ0v) is 12.7. The minimum Gasteiger partial charge on any atom is -0.408 e. The summed E-state index contributed by atoms with van der Waals surface area (Å²) in [6.45, 7) is 8.47. The van der Waals surface area contributed by atoms with E-state index in [2.05, 4.69) is 27.7 Å². The topological polar surface area (TPSA) is 52.2 Å². The Morgan fingerprint density at radius 2 is 2.00 bits per heavy atom. The van der Waals surface area contributed by atoms with E-state index in [0.717, 1.165) is 0 Å². The highest BCUT2D eigenvalue weighted by molar-refractivity contribution is 5.98. The summed E-state index contributed by atoms with van der Waals surface area (Å²) in [6.07, 6.45) is 0.492. The molecule has 0 aliphatic carbocycles. The van der Waals surface area contributed by atoms with Crippen molar-refractivity contribution in [1.29, 1.82) is 0 Å². The summed E-state index contributed by atoms with van der Waals surface area (Å²) in [7, 11) is 1.65. The third-order valence-corrected chi connectivity index (χ3v) is 4.08. The van der Waals surface area contributed by atoms with Crippen LogP contribution >= 0.6 is 0 Å². The molecule has 20 heavy (non-hydrogen) atoms. The Balaban J connectivity index is 2.29. The number of hydrogen-bond donors (Lipinski definition) is 0. The lowest BCUT2D eigenvalue weighted by molar-refractivity contribution is 0.0927. The molecule has 0 spiro atoms. The molecule has 0 aliphatic rings. The predicted octanol–water partition coefficient (Wildman–Crippen LogP) is 3.39. The van der Waals surface area contributed by atoms with E-state index in [9.17, 15) is 9.59 Å². The van der Waals surface area contributed by atoms with Gasteiger partial charge in [0.15, 0.2) is 11.4 Å². The predicted molar refractivity (Wildman–Crippen MR) is 79.0 cm³/mol. The van der Waals surface area contributed by atoms with E-state index in [1.165, 1.54) is 4.57 Å². The van der Waals surface area contributed by atoms with Gasteiger partial charge in [0.2, 0.25) is 0 Å². The van der Waals surface area contributed by atoms with Crippen LogP contribution in [-0.4, -0.2) is 10.4 Å². The number of aromatic nitrogens is 1. The number of carbonyl (C=O) groups excluding carboxylic acids is 1. The first-order valence-electron chi connectivity index (χ1n) is 6.83. The van der Waals surface area contributed by atoms with Gasteiger partial charge in [-0.15, -0.1) is 0 Å². The zero-order valence-electron chi connectivity index (χ0n) is 12.7. The van der Waals surface area contributed by atoms with Crippen molar-refractivity contribution in [3.05, 3.63) is 34.3 Å². The van der Waals surface area contributed by atoms with Crippen molar-refractivity contribution >= 4 is 16.9 Å². The molecule has 0 aliphatic heterocycles. The second kappa shape index (κ2) is 4.93. The molecule has 0 fully saturated rings. The largest absolute Gasteiger partial charge is 0.419 e. The molecule has 0 radical (unpaired) electrons. The molecule has 4 nitrogen and oxygen atoms in total. The van der Waals surface area contributed by atoms with Gasteiger partial charge in [-0.25, -0.2) is 4.79 Å². The maximum atomic E-state index is 12.3. The Hall–Kier alpha value is -1.84. The quantitative estimate of drug-likeness (QED) is 0.807. The molecule has 1 aromatic heterocycles. The lowest BCUT2D eigenvalue weighted by atomic mass is 9.78. The lowest BCUT2D eigenvalue weighted by Gasteiger charge is -2.26. The van der Waals surface area contributed by atoms with Crippen molar-refractivity contribution in [3.8, 4) is 0 Å². The number of ketones is 1. The van der Waals surface area contributed by atoms with Gasteiger partial charge in [0, 0.05) is 19.0 Å². The van der Waals surface area contributed by atoms with Crippen molar-refractivity contribution in [2.24, 2.45) is 18.4 Å². The van der Waals surface area contributed by atoms with Gasteiger partial charge >= 0.3 is 5.76 Å². The second-order valence-electron chi connectivity index (χ2n) is 6.50. The maximum absolute atomic E-state index is 12.3. The first-order chi connectivity index (χ1) is 9.20. The fraction of sp³-hybridized carbons (Fsp3) is 0.500. The summed E-state index contributed by atoms with van der Waals surface area (Å²) in [5.41, 5.74) is 1.86. The summed E-state index contributed by atoms with van der Waals surface area (Å²) < 4.78 is 6.55. The molecule has 0 saturated carbocycles. The van der Waals surface area contributed by atoms with Gasteiger partial charge in [-0.1, -0.05) is 27.7 Å². The molecule has 0 amide bonds. The molecule has 1 aromatic carbocycles. The van der Waals surface area contributed by atoms with Crippen molar-refractivity contribution in [2.75, 3.05) is 0 Å². The number of rotatable bonds is 3. The van der Waals surface area contributed by atoms with Gasteiger partial charge in [0.05, 0.1) is 5.52 Å². The van der Waals surface area contributed by atoms with Crippen LogP contribution in [0.4, 0.5) is 0 Å². The average Bonchev–Trinajstić information content (AvgIpc) is 2.63. The van der Waals surface area contributed by atoms with Crippen LogP contribution in [0.5, 0.6) is 0 Å². The Labute approximate surface area is 118 Å². The molecular weight excluding hydrogens is 254 g/mol. The van der Waals surface area contributed by atoms with E-state index in [1.807, 2.05) is 0 Å². The van der Waals surface area contributed by atoms with Crippen LogP contribution < -0.4 is 5.76 Å². The molecule has 0 bridgehead atoms. The molecule has 108 valence electrons. The summed E-state index contributed by atoms with van der Waals surface area (Å²) in [5.74, 6) is -0.0398. The van der Waals surface area contributed by atoms with Gasteiger partial charge in [0.1, 0.15) is 0 Å². The summed E-state index contributed by atoms with van der Waals surface area (Å²) in [5, 5.41) is 0. The van der Waals surface area contributed by atoms with Crippen molar-refractivity contribution in [2.45, 2.75) is 34.1 Å². The van der Waals surface area contributed by atoms with Crippen LogP contribution in [0.15, 0.2) is 27.4 Å². The summed E-state index contributed by atoms with van der Waals surface area (Å²) in [4.78, 5) is 23.8. The highest BCUT2D eigenvalue weighted by Gasteiger charge is 2.23. The van der Waals surface area contributed by atoms with E-state index < -0.39 is 5.76 Å². The lowest BCUT2D eigenvalue weighted by Crippen LogP contribution is -2.20. The van der Waals surface area contributed by atoms with E-state index >= 15 is 0 Å². The smallest absolute Gasteiger partial charge is 0.408 e. The van der Waals surface area contributed by atoms with Crippen LogP contribution in [0, 0.1) is 11.3 Å². The number of nitrogens with zero attached hydrogens (tertiary/aromatic N) is 1. The van der Waals surface area contributed by atoms with Gasteiger partial charge < -0.3 is 4.42 Å². The Morgan fingerprint density at radius 3 is 2.60 bits per heavy atom. The molecule has 2 aromatic rings. The standard InChI is InChI=1S/C16H21NO3/c1-10(16(2,3)4)8-13(18)11-6-7-12-14(9-11)20-15(19)17(12)5/h6-7,9-10H,8H2,1-5H3. The highest BCUT2D eigenvalue weighted by Crippen LogP contribution is 2.29. The minimum atomic E-state index is -0.410. The first-order valence-corrected chi connectivity index (χ1v) is 6.83. The van der Waals surface area contributed by atoms with E-state index in [-0.39, 0.29) is 17.1 Å². The second-order valence-corrected chi connectivity index (χ2v) is 6.50. The van der Waals surface area contributed by atoms with Crippen LogP contribution in [-0.2, 0) is 7.05 Å². The number of benzene rings is 1. The first kappa shape index (κ1) is 14.6. The Morgan fingerprint density at radius 1 is 1.35 bits per heavy atom. The van der Waals surface area contributed by atoms with Crippen LogP contribution in [0.1, 0.15) is 44.5 Å². The highest BCUT2D eigenvalue weighted by atomic mass is 16.4. The van der Waals surface area contributed by atoms with Gasteiger partial charge in [-0.05, 0) is 29.5 Å². The van der Waals surface area contributed by atoms with Crippen molar-refractivity contribution in [3.63, 3.8) is 0 Å². The molecule has 0 N–H and O–H groups in total. The fourth-order valence-corrected chi connectivity index (χ4v) is 2.01. The van der Waals surface area contributed by atoms with Crippen molar-refractivity contribution in [1.82, 2.24) is 4.57 Å². The average molecular weight is 275 g/mol. The maximum Gasteiger partial charge on any atom is 0.419 e. The monoisotopic (exact) mass is 275 g/mol. The number of fused-ring (bicyclic) bond motifs is 1. The SMILES string of the molecule is CC(CC(=O)c1ccc2c(c1)oc(=O)n2C)C(C)(C)C. The van der Waals surface area contributed by atoms with Gasteiger partial charge in [-0.2, -0.15) is 0 Å². The number of aryl methyl sites for hydroxylation is 1. The van der Waals surface area contributed by atoms with Crippen molar-refractivity contribution < 1.29 is 9.21 Å². The fourth-order valence-electron chi connectivity index (χ4n) is 2.01. The molecule has 1 unspecified atom stereocenters. The van der Waals surface area contributed by atoms with Crippen LogP contribution in [0.2, 0.25) is 0 Å². The Kier molecular flexibility index (Phi) is 3.59. The third-order valence-electron chi connectivity index (χ3n) is 4.08. The van der Waals surface area contributed by atoms with Gasteiger partial charge in [0.25, 0.3) is 0 Å². The third kappa shape index (κ3) is 2.69. The molecule has 0 saturated heterocycles. The van der Waals surface area contributed by atoms with Crippen LogP contribution in [0.25, 0.3) is 11.1 Å². The minimum absolute atomic E-state index is 0.0841. The summed E-state index contributed by atoms with van der Waals surface area (Å²) in [6, 6.07) is 5.18. The normalized spacial score (nSPS) is 13.7. The number of Topliss-reactive ketones (excluding diaryl/α,β-unsaturated/α-hetero) is 1. The molecule has 2 rings (SSSR count). The number of hydrogen-bond acceptors (Lipinski definition) is 3. The summed E-state index contributed by atoms with van der Waals surface area (Å²) >= 11 is 0. The van der Waals surface area contributed by atoms with E-state index in [0.29, 0.717) is 23.1 Å². The number of oxazole rings is 1. The molecule has 1 atom stereocenters. The van der Waals surface area contributed by atoms with Gasteiger partial charge in [-0.3, -0.25) is 9.36 Å². The number of carbonyl (C=O) groups is 1.